The van der Waals surface area contributed by atoms with Crippen LogP contribution in [-0.4, -0.2) is 34.5 Å². The molecule has 35 heavy (non-hydrogen) atoms. The van der Waals surface area contributed by atoms with Crippen LogP contribution in [0, 0.1) is 11.3 Å². The Kier molecular flexibility index (Phi) is 6.87. The van der Waals surface area contributed by atoms with Gasteiger partial charge in [-0.3, -0.25) is 14.4 Å². The molecule has 1 saturated carbocycles. The van der Waals surface area contributed by atoms with Gasteiger partial charge in [0.2, 0.25) is 5.91 Å². The minimum Gasteiger partial charge on any atom is -0.481 e. The molecule has 8 nitrogen and oxygen atoms in total. The lowest BCUT2D eigenvalue weighted by Crippen LogP contribution is -2.24. The molecule has 1 fully saturated rings. The first-order chi connectivity index (χ1) is 16.8. The number of amides is 2. The fourth-order valence-corrected chi connectivity index (χ4v) is 4.38. The van der Waals surface area contributed by atoms with E-state index < -0.39 is 12.0 Å². The molecule has 180 valence electrons. The van der Waals surface area contributed by atoms with E-state index in [1.165, 1.54) is 5.56 Å². The van der Waals surface area contributed by atoms with E-state index >= 15 is 0 Å². The Morgan fingerprint density at radius 1 is 1.20 bits per heavy atom. The Morgan fingerprint density at radius 2 is 1.97 bits per heavy atom. The molecule has 2 aromatic carbocycles. The molecule has 1 aliphatic rings. The van der Waals surface area contributed by atoms with E-state index in [-0.39, 0.29) is 18.2 Å². The lowest BCUT2D eigenvalue weighted by Gasteiger charge is -2.18. The maximum absolute atomic E-state index is 13.4. The van der Waals surface area contributed by atoms with Gasteiger partial charge in [0.05, 0.1) is 11.6 Å². The molecule has 3 aromatic rings. The number of anilines is 1. The van der Waals surface area contributed by atoms with Crippen LogP contribution in [0.25, 0.3) is 10.9 Å². The molecule has 0 unspecified atom stereocenters. The van der Waals surface area contributed by atoms with Crippen LogP contribution < -0.4 is 10.6 Å². The highest BCUT2D eigenvalue weighted by atomic mass is 16.4. The number of aromatic nitrogens is 1. The number of rotatable bonds is 9. The molecule has 3 N–H and O–H groups in total. The van der Waals surface area contributed by atoms with Gasteiger partial charge in [0.15, 0.2) is 0 Å². The maximum atomic E-state index is 13.4. The highest BCUT2D eigenvalue weighted by molar-refractivity contribution is 6.00. The normalized spacial score (nSPS) is 13.7. The number of fused-ring (bicyclic) bond motifs is 1. The molecule has 0 saturated heterocycles. The van der Waals surface area contributed by atoms with Crippen LogP contribution in [0.3, 0.4) is 0 Å². The number of nitriles is 1. The maximum Gasteiger partial charge on any atom is 0.303 e. The van der Waals surface area contributed by atoms with Gasteiger partial charge in [-0.05, 0) is 73.9 Å². The Labute approximate surface area is 203 Å². The molecule has 2 amide bonds. The first-order valence-electron chi connectivity index (χ1n) is 11.7. The summed E-state index contributed by atoms with van der Waals surface area (Å²) in [4.78, 5) is 36.5. The molecule has 8 heteroatoms. The van der Waals surface area contributed by atoms with Gasteiger partial charge in [-0.1, -0.05) is 12.1 Å². The number of aliphatic carboxylic acids is 1. The first kappa shape index (κ1) is 24.0. The second kappa shape index (κ2) is 10.0. The molecule has 4 rings (SSSR count). The van der Waals surface area contributed by atoms with Crippen LogP contribution in [0.1, 0.15) is 71.6 Å². The minimum absolute atomic E-state index is 0.0246. The summed E-state index contributed by atoms with van der Waals surface area (Å²) in [6, 6.07) is 12.1. The number of carboxylic acids is 1. The molecule has 0 radical (unpaired) electrons. The second-order valence-electron chi connectivity index (χ2n) is 8.97. The number of nitrogens with one attached hydrogen (secondary N) is 2. The largest absolute Gasteiger partial charge is 0.481 e. The van der Waals surface area contributed by atoms with Crippen molar-refractivity contribution < 1.29 is 19.5 Å². The summed E-state index contributed by atoms with van der Waals surface area (Å²) < 4.78 is 1.91. The highest BCUT2D eigenvalue weighted by Crippen LogP contribution is 2.44. The van der Waals surface area contributed by atoms with Crippen molar-refractivity contribution in [2.75, 3.05) is 12.4 Å². The third kappa shape index (κ3) is 5.19. The quantitative estimate of drug-likeness (QED) is 0.427. The number of carboxylic acid groups (broad SMARTS) is 1. The lowest BCUT2D eigenvalue weighted by atomic mass is 10.0. The Morgan fingerprint density at radius 3 is 2.63 bits per heavy atom. The predicted octanol–water partition coefficient (Wildman–Crippen LogP) is 4.36. The summed E-state index contributed by atoms with van der Waals surface area (Å²) in [6.45, 7) is 1.80. The number of carbonyl (C=O) groups is 3. The Balaban J connectivity index is 1.65. The van der Waals surface area contributed by atoms with Gasteiger partial charge in [0.25, 0.3) is 5.91 Å². The summed E-state index contributed by atoms with van der Waals surface area (Å²) in [5.41, 5.74) is 4.23. The van der Waals surface area contributed by atoms with E-state index in [1.807, 2.05) is 22.9 Å². The molecule has 1 aliphatic carbocycles. The van der Waals surface area contributed by atoms with E-state index in [2.05, 4.69) is 16.7 Å². The molecule has 1 atom stereocenters. The zero-order chi connectivity index (χ0) is 25.1. The Bertz CT molecular complexity index is 1350. The molecule has 1 heterocycles. The number of benzene rings is 2. The molecule has 1 aromatic heterocycles. The third-order valence-electron chi connectivity index (χ3n) is 6.50. The molecule has 0 aliphatic heterocycles. The Hall–Kier alpha value is -4.12. The van der Waals surface area contributed by atoms with E-state index in [0.29, 0.717) is 35.6 Å². The topological polar surface area (TPSA) is 124 Å². The fraction of sp³-hybridized carbons (Fsp3) is 0.333. The van der Waals surface area contributed by atoms with Gasteiger partial charge in [0, 0.05) is 41.8 Å². The van der Waals surface area contributed by atoms with Gasteiger partial charge < -0.3 is 20.3 Å². The monoisotopic (exact) mass is 472 g/mol. The lowest BCUT2D eigenvalue weighted by molar-refractivity contribution is -0.137. The summed E-state index contributed by atoms with van der Waals surface area (Å²) in [7, 11) is 1.58. The van der Waals surface area contributed by atoms with E-state index in [9.17, 15) is 19.6 Å². The van der Waals surface area contributed by atoms with Crippen molar-refractivity contribution in [3.05, 3.63) is 64.8 Å². The molecule has 0 bridgehead atoms. The van der Waals surface area contributed by atoms with Gasteiger partial charge in [0.1, 0.15) is 6.04 Å². The number of hydrogen-bond donors (Lipinski definition) is 3. The first-order valence-corrected chi connectivity index (χ1v) is 11.7. The van der Waals surface area contributed by atoms with E-state index in [4.69, 9.17) is 5.11 Å². The van der Waals surface area contributed by atoms with Gasteiger partial charge in [-0.25, -0.2) is 0 Å². The van der Waals surface area contributed by atoms with Crippen molar-refractivity contribution >= 4 is 34.4 Å². The standard InChI is InChI=1S/C27H28N4O4/c1-16(26(34)30-23-12-17(14-28)6-7-19(23)4-3-5-25(32)33)31-15-22(18-8-9-18)21-11-10-20(13-24(21)31)27(35)29-2/h6-7,10-13,15-16,18H,3-5,8-9H2,1-2H3,(H,29,35)(H,30,34)(H,32,33)/t16-/m1/s1. The van der Waals surface area contributed by atoms with E-state index in [1.54, 1.807) is 38.2 Å². The third-order valence-corrected chi connectivity index (χ3v) is 6.50. The smallest absolute Gasteiger partial charge is 0.303 e. The van der Waals surface area contributed by atoms with Crippen molar-refractivity contribution in [2.45, 2.75) is 51.0 Å². The summed E-state index contributed by atoms with van der Waals surface area (Å²) in [5.74, 6) is -0.860. The molecular weight excluding hydrogens is 444 g/mol. The number of hydrogen-bond acceptors (Lipinski definition) is 4. The number of aryl methyl sites for hydroxylation is 1. The van der Waals surface area contributed by atoms with Crippen LogP contribution in [0.2, 0.25) is 0 Å². The molecule has 0 spiro atoms. The zero-order valence-electron chi connectivity index (χ0n) is 19.8. The van der Waals surface area contributed by atoms with Crippen molar-refractivity contribution in [1.82, 2.24) is 9.88 Å². The fourth-order valence-electron chi connectivity index (χ4n) is 4.38. The zero-order valence-corrected chi connectivity index (χ0v) is 19.8. The van der Waals surface area contributed by atoms with Crippen molar-refractivity contribution in [2.24, 2.45) is 0 Å². The van der Waals surface area contributed by atoms with Crippen LogP contribution in [0.5, 0.6) is 0 Å². The summed E-state index contributed by atoms with van der Waals surface area (Å²) >= 11 is 0. The van der Waals surface area contributed by atoms with Crippen molar-refractivity contribution in [1.29, 1.82) is 5.26 Å². The SMILES string of the molecule is CNC(=O)c1ccc2c(C3CC3)cn([C@H](C)C(=O)Nc3cc(C#N)ccc3CCCC(=O)O)c2c1. The molecular formula is C27H28N4O4. The van der Waals surface area contributed by atoms with Crippen LogP contribution in [0.4, 0.5) is 5.69 Å². The summed E-state index contributed by atoms with van der Waals surface area (Å²) in [5, 5.41) is 24.9. The van der Waals surface area contributed by atoms with Crippen LogP contribution in [-0.2, 0) is 16.0 Å². The number of nitrogens with zero attached hydrogens (tertiary/aromatic N) is 2. The van der Waals surface area contributed by atoms with Gasteiger partial charge in [-0.15, -0.1) is 0 Å². The van der Waals surface area contributed by atoms with E-state index in [0.717, 1.165) is 29.3 Å². The van der Waals surface area contributed by atoms with Crippen LogP contribution in [0.15, 0.2) is 42.6 Å². The van der Waals surface area contributed by atoms with Crippen molar-refractivity contribution in [3.63, 3.8) is 0 Å². The highest BCUT2D eigenvalue weighted by Gasteiger charge is 2.29. The average molecular weight is 473 g/mol. The van der Waals surface area contributed by atoms with Gasteiger partial charge in [-0.2, -0.15) is 5.26 Å². The minimum atomic E-state index is -0.875. The van der Waals surface area contributed by atoms with Crippen LogP contribution >= 0.6 is 0 Å². The number of carbonyl (C=O) groups excluding carboxylic acids is 2. The summed E-state index contributed by atoms with van der Waals surface area (Å²) in [6.07, 6.45) is 5.15. The van der Waals surface area contributed by atoms with Gasteiger partial charge >= 0.3 is 5.97 Å². The van der Waals surface area contributed by atoms with Crippen molar-refractivity contribution in [3.8, 4) is 6.07 Å². The second-order valence-corrected chi connectivity index (χ2v) is 8.97. The average Bonchev–Trinajstić information content (AvgIpc) is 3.63. The predicted molar refractivity (Wildman–Crippen MR) is 132 cm³/mol.